The SMILES string of the molecule is CCCN(CC(C)(C)CN)C(CC)c1cccc(Br)c1. The van der Waals surface area contributed by atoms with Crippen LogP contribution in [0.25, 0.3) is 0 Å². The summed E-state index contributed by atoms with van der Waals surface area (Å²) in [4.78, 5) is 2.59. The Balaban J connectivity index is 2.97. The molecule has 0 saturated carbocycles. The van der Waals surface area contributed by atoms with Crippen molar-refractivity contribution in [2.24, 2.45) is 11.1 Å². The Hall–Kier alpha value is -0.380. The molecule has 0 heterocycles. The maximum Gasteiger partial charge on any atom is 0.0346 e. The molecule has 1 atom stereocenters. The van der Waals surface area contributed by atoms with Gasteiger partial charge in [0.2, 0.25) is 0 Å². The largest absolute Gasteiger partial charge is 0.330 e. The number of halogens is 1. The topological polar surface area (TPSA) is 29.3 Å². The second-order valence-corrected chi connectivity index (χ2v) is 7.23. The van der Waals surface area contributed by atoms with Crippen molar-refractivity contribution in [2.45, 2.75) is 46.6 Å². The van der Waals surface area contributed by atoms with E-state index in [0.717, 1.165) is 30.5 Å². The van der Waals surface area contributed by atoms with E-state index >= 15 is 0 Å². The minimum absolute atomic E-state index is 0.161. The number of benzene rings is 1. The minimum Gasteiger partial charge on any atom is -0.330 e. The third-order valence-electron chi connectivity index (χ3n) is 3.76. The molecular weight excluding hydrogens is 312 g/mol. The molecule has 1 aromatic carbocycles. The lowest BCUT2D eigenvalue weighted by molar-refractivity contribution is 0.128. The molecule has 20 heavy (non-hydrogen) atoms. The van der Waals surface area contributed by atoms with Crippen LogP contribution in [0.4, 0.5) is 0 Å². The number of nitrogens with two attached hydrogens (primary N) is 1. The highest BCUT2D eigenvalue weighted by atomic mass is 79.9. The monoisotopic (exact) mass is 340 g/mol. The van der Waals surface area contributed by atoms with Crippen molar-refractivity contribution < 1.29 is 0 Å². The highest BCUT2D eigenvalue weighted by Gasteiger charge is 2.25. The molecular formula is C17H29BrN2. The molecule has 0 aliphatic carbocycles. The first-order valence-electron chi connectivity index (χ1n) is 7.63. The second kappa shape index (κ2) is 8.16. The van der Waals surface area contributed by atoms with E-state index in [1.807, 2.05) is 0 Å². The average molecular weight is 341 g/mol. The van der Waals surface area contributed by atoms with Crippen molar-refractivity contribution in [3.05, 3.63) is 34.3 Å². The van der Waals surface area contributed by atoms with Crippen molar-refractivity contribution in [1.82, 2.24) is 4.90 Å². The summed E-state index contributed by atoms with van der Waals surface area (Å²) < 4.78 is 1.16. The number of hydrogen-bond acceptors (Lipinski definition) is 2. The van der Waals surface area contributed by atoms with Gasteiger partial charge in [0, 0.05) is 17.1 Å². The van der Waals surface area contributed by atoms with Crippen LogP contribution in [-0.4, -0.2) is 24.5 Å². The van der Waals surface area contributed by atoms with Crippen molar-refractivity contribution in [2.75, 3.05) is 19.6 Å². The van der Waals surface area contributed by atoms with Crippen molar-refractivity contribution in [3.8, 4) is 0 Å². The van der Waals surface area contributed by atoms with Gasteiger partial charge in [-0.25, -0.2) is 0 Å². The summed E-state index contributed by atoms with van der Waals surface area (Å²) >= 11 is 3.58. The maximum absolute atomic E-state index is 5.92. The van der Waals surface area contributed by atoms with Gasteiger partial charge in [0.15, 0.2) is 0 Å². The van der Waals surface area contributed by atoms with E-state index in [4.69, 9.17) is 5.73 Å². The molecule has 0 fully saturated rings. The van der Waals surface area contributed by atoms with E-state index in [9.17, 15) is 0 Å². The predicted molar refractivity (Wildman–Crippen MR) is 91.9 cm³/mol. The molecule has 0 saturated heterocycles. The molecule has 0 bridgehead atoms. The van der Waals surface area contributed by atoms with Crippen LogP contribution in [0.15, 0.2) is 28.7 Å². The smallest absolute Gasteiger partial charge is 0.0346 e. The minimum atomic E-state index is 0.161. The molecule has 0 aliphatic rings. The van der Waals surface area contributed by atoms with E-state index in [0.29, 0.717) is 6.04 Å². The van der Waals surface area contributed by atoms with Gasteiger partial charge in [-0.1, -0.05) is 55.8 Å². The maximum atomic E-state index is 5.92. The molecule has 0 spiro atoms. The molecule has 0 aliphatic heterocycles. The van der Waals surface area contributed by atoms with Crippen LogP contribution < -0.4 is 5.73 Å². The molecule has 0 amide bonds. The third-order valence-corrected chi connectivity index (χ3v) is 4.25. The highest BCUT2D eigenvalue weighted by Crippen LogP contribution is 2.29. The van der Waals surface area contributed by atoms with Crippen LogP contribution in [0.3, 0.4) is 0 Å². The summed E-state index contributed by atoms with van der Waals surface area (Å²) in [5.41, 5.74) is 7.47. The number of hydrogen-bond donors (Lipinski definition) is 1. The Labute approximate surface area is 132 Å². The van der Waals surface area contributed by atoms with Gasteiger partial charge in [-0.05, 0) is 49.0 Å². The molecule has 2 nitrogen and oxygen atoms in total. The fourth-order valence-electron chi connectivity index (χ4n) is 2.67. The molecule has 1 aromatic rings. The average Bonchev–Trinajstić information content (AvgIpc) is 2.39. The van der Waals surface area contributed by atoms with Gasteiger partial charge in [0.05, 0.1) is 0 Å². The van der Waals surface area contributed by atoms with E-state index in [1.54, 1.807) is 0 Å². The Bertz CT molecular complexity index is 404. The fraction of sp³-hybridized carbons (Fsp3) is 0.647. The quantitative estimate of drug-likeness (QED) is 0.749. The number of nitrogens with zero attached hydrogens (tertiary/aromatic N) is 1. The summed E-state index contributed by atoms with van der Waals surface area (Å²) in [5, 5.41) is 0. The van der Waals surface area contributed by atoms with Gasteiger partial charge in [-0.15, -0.1) is 0 Å². The summed E-state index contributed by atoms with van der Waals surface area (Å²) in [6.07, 6.45) is 2.29. The second-order valence-electron chi connectivity index (χ2n) is 6.32. The van der Waals surface area contributed by atoms with E-state index < -0.39 is 0 Å². The molecule has 1 rings (SSSR count). The predicted octanol–water partition coefficient (Wildman–Crippen LogP) is 4.60. The van der Waals surface area contributed by atoms with Crippen LogP contribution in [0, 0.1) is 5.41 Å². The van der Waals surface area contributed by atoms with Crippen LogP contribution >= 0.6 is 15.9 Å². The molecule has 2 N–H and O–H groups in total. The van der Waals surface area contributed by atoms with Gasteiger partial charge in [0.25, 0.3) is 0 Å². The normalized spacial score (nSPS) is 13.8. The Morgan fingerprint density at radius 2 is 2.00 bits per heavy atom. The van der Waals surface area contributed by atoms with E-state index in [1.165, 1.54) is 12.0 Å². The fourth-order valence-corrected chi connectivity index (χ4v) is 3.08. The zero-order valence-electron chi connectivity index (χ0n) is 13.3. The third kappa shape index (κ3) is 5.19. The molecule has 0 radical (unpaired) electrons. The first-order valence-corrected chi connectivity index (χ1v) is 8.42. The van der Waals surface area contributed by atoms with Crippen LogP contribution in [-0.2, 0) is 0 Å². The van der Waals surface area contributed by atoms with Crippen LogP contribution in [0.1, 0.15) is 52.1 Å². The molecule has 3 heteroatoms. The molecule has 0 aromatic heterocycles. The lowest BCUT2D eigenvalue weighted by atomic mass is 9.91. The summed E-state index contributed by atoms with van der Waals surface area (Å²) in [6, 6.07) is 9.16. The van der Waals surface area contributed by atoms with Gasteiger partial charge in [-0.2, -0.15) is 0 Å². The highest BCUT2D eigenvalue weighted by molar-refractivity contribution is 9.10. The van der Waals surface area contributed by atoms with Gasteiger partial charge in [-0.3, -0.25) is 4.90 Å². The Morgan fingerprint density at radius 1 is 1.30 bits per heavy atom. The van der Waals surface area contributed by atoms with Crippen molar-refractivity contribution in [3.63, 3.8) is 0 Å². The standard InChI is InChI=1S/C17H29BrN2/c1-5-10-20(13-17(3,4)12-19)16(6-2)14-8-7-9-15(18)11-14/h7-9,11,16H,5-6,10,12-13,19H2,1-4H3. The first kappa shape index (κ1) is 17.7. The summed E-state index contributed by atoms with van der Waals surface area (Å²) in [5.74, 6) is 0. The van der Waals surface area contributed by atoms with E-state index in [-0.39, 0.29) is 5.41 Å². The van der Waals surface area contributed by atoms with Gasteiger partial charge >= 0.3 is 0 Å². The summed E-state index contributed by atoms with van der Waals surface area (Å²) in [6.45, 7) is 11.9. The Kier molecular flexibility index (Phi) is 7.21. The van der Waals surface area contributed by atoms with Crippen molar-refractivity contribution >= 4 is 15.9 Å². The van der Waals surface area contributed by atoms with Gasteiger partial charge < -0.3 is 5.73 Å². The van der Waals surface area contributed by atoms with Gasteiger partial charge in [0.1, 0.15) is 0 Å². The lowest BCUT2D eigenvalue weighted by Crippen LogP contribution is -2.41. The number of rotatable bonds is 8. The molecule has 1 unspecified atom stereocenters. The zero-order chi connectivity index (χ0) is 15.2. The van der Waals surface area contributed by atoms with Crippen molar-refractivity contribution in [1.29, 1.82) is 0 Å². The van der Waals surface area contributed by atoms with Crippen LogP contribution in [0.2, 0.25) is 0 Å². The summed E-state index contributed by atoms with van der Waals surface area (Å²) in [7, 11) is 0. The van der Waals surface area contributed by atoms with E-state index in [2.05, 4.69) is 72.8 Å². The molecule has 114 valence electrons. The Morgan fingerprint density at radius 3 is 2.50 bits per heavy atom. The lowest BCUT2D eigenvalue weighted by Gasteiger charge is -2.37. The van der Waals surface area contributed by atoms with Crippen LogP contribution in [0.5, 0.6) is 0 Å². The first-order chi connectivity index (χ1) is 9.43. The zero-order valence-corrected chi connectivity index (χ0v) is 14.9.